The van der Waals surface area contributed by atoms with E-state index in [1.165, 1.54) is 6.07 Å². The lowest BCUT2D eigenvalue weighted by Crippen LogP contribution is -2.18. The molecular formula is C15H17O4PS. The van der Waals surface area contributed by atoms with E-state index in [4.69, 9.17) is 0 Å². The van der Waals surface area contributed by atoms with Crippen LogP contribution in [-0.4, -0.2) is 17.8 Å². The second kappa shape index (κ2) is 5.85. The molecule has 4 nitrogen and oxygen atoms in total. The van der Waals surface area contributed by atoms with Crippen molar-refractivity contribution in [2.45, 2.75) is 20.8 Å². The first kappa shape index (κ1) is 16.1. The molecule has 0 radical (unpaired) electrons. The second-order valence-corrected chi connectivity index (χ2v) is 8.08. The van der Waals surface area contributed by atoms with Gasteiger partial charge in [-0.3, -0.25) is 9.36 Å². The van der Waals surface area contributed by atoms with Crippen molar-refractivity contribution >= 4 is 30.0 Å². The minimum Gasteiger partial charge on any atom is -0.321 e. The van der Waals surface area contributed by atoms with Crippen LogP contribution in [0.1, 0.15) is 31.2 Å². The molecule has 112 valence electrons. The quantitative estimate of drug-likeness (QED) is 0.692. The van der Waals surface area contributed by atoms with Crippen LogP contribution >= 0.6 is 18.9 Å². The van der Waals surface area contributed by atoms with Crippen LogP contribution < -0.4 is 5.30 Å². The van der Waals surface area contributed by atoms with Crippen LogP contribution in [0.4, 0.5) is 0 Å². The van der Waals surface area contributed by atoms with Gasteiger partial charge in [0, 0.05) is 28.0 Å². The normalized spacial score (nSPS) is 14.0. The lowest BCUT2D eigenvalue weighted by atomic mass is 10.00. The highest BCUT2D eigenvalue weighted by molar-refractivity contribution is 7.61. The first-order valence-corrected chi connectivity index (χ1v) is 8.78. The van der Waals surface area contributed by atoms with Gasteiger partial charge in [0.25, 0.3) is 0 Å². The summed E-state index contributed by atoms with van der Waals surface area (Å²) in [6.07, 6.45) is 0. The van der Waals surface area contributed by atoms with Crippen LogP contribution in [0.3, 0.4) is 0 Å². The number of hydrogen-bond donors (Lipinski definition) is 1. The SMILES string of the molecule is COP(=O)(O)c1ccccc1C(=O)c1c(C)sc(C)c1C. The van der Waals surface area contributed by atoms with Gasteiger partial charge in [-0.2, -0.15) is 0 Å². The van der Waals surface area contributed by atoms with Gasteiger partial charge < -0.3 is 9.42 Å². The highest BCUT2D eigenvalue weighted by atomic mass is 32.1. The van der Waals surface area contributed by atoms with Gasteiger partial charge in [-0.1, -0.05) is 18.2 Å². The van der Waals surface area contributed by atoms with Crippen molar-refractivity contribution in [3.63, 3.8) is 0 Å². The first-order chi connectivity index (χ1) is 9.79. The van der Waals surface area contributed by atoms with E-state index in [-0.39, 0.29) is 16.7 Å². The van der Waals surface area contributed by atoms with Crippen LogP contribution in [0.25, 0.3) is 0 Å². The van der Waals surface area contributed by atoms with E-state index >= 15 is 0 Å². The molecule has 1 heterocycles. The maximum Gasteiger partial charge on any atom is 0.359 e. The number of carbonyl (C=O) groups excluding carboxylic acids is 1. The molecule has 6 heteroatoms. The molecule has 1 unspecified atom stereocenters. The summed E-state index contributed by atoms with van der Waals surface area (Å²) < 4.78 is 16.8. The van der Waals surface area contributed by atoms with E-state index in [1.807, 2.05) is 20.8 Å². The Morgan fingerprint density at radius 3 is 2.33 bits per heavy atom. The van der Waals surface area contributed by atoms with Crippen LogP contribution in [0.15, 0.2) is 24.3 Å². The molecule has 0 saturated carbocycles. The fourth-order valence-electron chi connectivity index (χ4n) is 2.27. The lowest BCUT2D eigenvalue weighted by molar-refractivity contribution is 0.103. The smallest absolute Gasteiger partial charge is 0.321 e. The van der Waals surface area contributed by atoms with E-state index in [0.717, 1.165) is 22.4 Å². The molecule has 0 aliphatic carbocycles. The number of benzene rings is 1. The van der Waals surface area contributed by atoms with E-state index in [1.54, 1.807) is 29.5 Å². The number of aryl methyl sites for hydroxylation is 2. The maximum absolute atomic E-state index is 12.8. The molecule has 1 aromatic carbocycles. The highest BCUT2D eigenvalue weighted by Crippen LogP contribution is 2.41. The minimum atomic E-state index is -3.98. The zero-order valence-electron chi connectivity index (χ0n) is 12.3. The largest absolute Gasteiger partial charge is 0.359 e. The molecule has 0 fully saturated rings. The van der Waals surface area contributed by atoms with Gasteiger partial charge in [-0.05, 0) is 32.4 Å². The van der Waals surface area contributed by atoms with Crippen LogP contribution in [0, 0.1) is 20.8 Å². The second-order valence-electron chi connectivity index (χ2n) is 4.76. The Morgan fingerprint density at radius 1 is 1.19 bits per heavy atom. The molecular weight excluding hydrogens is 307 g/mol. The van der Waals surface area contributed by atoms with Crippen molar-refractivity contribution in [1.82, 2.24) is 0 Å². The van der Waals surface area contributed by atoms with Gasteiger partial charge in [0.15, 0.2) is 5.78 Å². The van der Waals surface area contributed by atoms with Gasteiger partial charge in [0.05, 0.1) is 5.30 Å². The predicted octanol–water partition coefficient (Wildman–Crippen LogP) is 3.36. The summed E-state index contributed by atoms with van der Waals surface area (Å²) in [7, 11) is -2.82. The van der Waals surface area contributed by atoms with E-state index < -0.39 is 7.60 Å². The van der Waals surface area contributed by atoms with Crippen molar-refractivity contribution in [3.05, 3.63) is 50.7 Å². The molecule has 0 amide bonds. The van der Waals surface area contributed by atoms with Crippen LogP contribution in [-0.2, 0) is 9.09 Å². The summed E-state index contributed by atoms with van der Waals surface area (Å²) in [5.41, 5.74) is 1.75. The van der Waals surface area contributed by atoms with Crippen molar-refractivity contribution < 1.29 is 18.8 Å². The van der Waals surface area contributed by atoms with E-state index in [0.29, 0.717) is 5.56 Å². The highest BCUT2D eigenvalue weighted by Gasteiger charge is 2.29. The Labute approximate surface area is 127 Å². The zero-order chi connectivity index (χ0) is 15.8. The van der Waals surface area contributed by atoms with Crippen molar-refractivity contribution in [1.29, 1.82) is 0 Å². The molecule has 1 aromatic heterocycles. The third kappa shape index (κ3) is 2.87. The third-order valence-corrected chi connectivity index (χ3v) is 6.11. The number of ketones is 1. The number of carbonyl (C=O) groups is 1. The summed E-state index contributed by atoms with van der Waals surface area (Å²) >= 11 is 1.55. The topological polar surface area (TPSA) is 63.6 Å². The molecule has 2 rings (SSSR count). The Morgan fingerprint density at radius 2 is 1.81 bits per heavy atom. The molecule has 0 aliphatic rings. The van der Waals surface area contributed by atoms with E-state index in [2.05, 4.69) is 4.52 Å². The van der Waals surface area contributed by atoms with Crippen LogP contribution in [0.2, 0.25) is 0 Å². The van der Waals surface area contributed by atoms with Crippen molar-refractivity contribution in [2.24, 2.45) is 0 Å². The summed E-state index contributed by atoms with van der Waals surface area (Å²) in [6, 6.07) is 6.32. The Kier molecular flexibility index (Phi) is 4.49. The molecule has 1 N–H and O–H groups in total. The van der Waals surface area contributed by atoms with Crippen LogP contribution in [0.5, 0.6) is 0 Å². The Hall–Kier alpha value is -1.26. The fraction of sp³-hybridized carbons (Fsp3) is 0.267. The molecule has 21 heavy (non-hydrogen) atoms. The monoisotopic (exact) mass is 324 g/mol. The first-order valence-electron chi connectivity index (χ1n) is 6.39. The van der Waals surface area contributed by atoms with Gasteiger partial charge in [-0.25, -0.2) is 0 Å². The minimum absolute atomic E-state index is 0.0418. The third-order valence-electron chi connectivity index (χ3n) is 3.49. The molecule has 0 saturated heterocycles. The lowest BCUT2D eigenvalue weighted by Gasteiger charge is -2.13. The summed E-state index contributed by atoms with van der Waals surface area (Å²) in [5.74, 6) is -0.240. The average molecular weight is 324 g/mol. The van der Waals surface area contributed by atoms with Crippen molar-refractivity contribution in [2.75, 3.05) is 7.11 Å². The predicted molar refractivity (Wildman–Crippen MR) is 84.9 cm³/mol. The molecule has 0 bridgehead atoms. The summed E-state index contributed by atoms with van der Waals surface area (Å²) in [6.45, 7) is 5.74. The van der Waals surface area contributed by atoms with Gasteiger partial charge >= 0.3 is 7.60 Å². The average Bonchev–Trinajstić information content (AvgIpc) is 2.71. The molecule has 2 aromatic rings. The molecule has 0 aliphatic heterocycles. The van der Waals surface area contributed by atoms with Gasteiger partial charge in [0.2, 0.25) is 0 Å². The number of hydrogen-bond acceptors (Lipinski definition) is 4. The standard InChI is InChI=1S/C15H17O4PS/c1-9-10(2)21-11(3)14(9)15(16)12-7-5-6-8-13(12)20(17,18)19-4/h5-8H,1-4H3,(H,17,18). The Balaban J connectivity index is 2.63. The van der Waals surface area contributed by atoms with Gasteiger partial charge in [-0.15, -0.1) is 11.3 Å². The summed E-state index contributed by atoms with van der Waals surface area (Å²) in [5, 5.41) is 0.0418. The fourth-order valence-corrected chi connectivity index (χ4v) is 4.29. The van der Waals surface area contributed by atoms with E-state index in [9.17, 15) is 14.3 Å². The van der Waals surface area contributed by atoms with Gasteiger partial charge in [0.1, 0.15) is 0 Å². The molecule has 0 spiro atoms. The molecule has 1 atom stereocenters. The van der Waals surface area contributed by atoms with Crippen molar-refractivity contribution in [3.8, 4) is 0 Å². The summed E-state index contributed by atoms with van der Waals surface area (Å²) in [4.78, 5) is 24.7. The number of rotatable bonds is 4. The number of thiophene rings is 1. The zero-order valence-corrected chi connectivity index (χ0v) is 14.0. The maximum atomic E-state index is 12.8. The Bertz CT molecular complexity index is 748.